The molecular formula is C14H15NO3S. The largest absolute Gasteiger partial charge is 0.487 e. The molecule has 4 nitrogen and oxygen atoms in total. The molecule has 1 aromatic heterocycles. The van der Waals surface area contributed by atoms with Gasteiger partial charge in [-0.2, -0.15) is 0 Å². The molecule has 0 bridgehead atoms. The predicted octanol–water partition coefficient (Wildman–Crippen LogP) is 2.96. The number of thiophene rings is 1. The number of ether oxygens (including phenoxy) is 1. The maximum atomic E-state index is 12.0. The van der Waals surface area contributed by atoms with E-state index in [-0.39, 0.29) is 5.91 Å². The average molecular weight is 277 g/mol. The first-order valence-electron chi connectivity index (χ1n) is 5.78. The fourth-order valence-electron chi connectivity index (χ4n) is 1.53. The number of hydrogen-bond acceptors (Lipinski definition) is 4. The molecule has 0 aliphatic rings. The van der Waals surface area contributed by atoms with Crippen LogP contribution in [0.5, 0.6) is 5.75 Å². The van der Waals surface area contributed by atoms with E-state index in [1.54, 1.807) is 13.1 Å². The van der Waals surface area contributed by atoms with Gasteiger partial charge in [0.2, 0.25) is 0 Å². The van der Waals surface area contributed by atoms with Crippen molar-refractivity contribution in [2.45, 2.75) is 6.61 Å². The molecule has 0 saturated heterocycles. The molecule has 1 amide bonds. The molecule has 2 rings (SSSR count). The summed E-state index contributed by atoms with van der Waals surface area (Å²) in [5.74, 6) is 0.378. The number of benzene rings is 1. The summed E-state index contributed by atoms with van der Waals surface area (Å²) in [6, 6.07) is 11.6. The maximum absolute atomic E-state index is 12.0. The summed E-state index contributed by atoms with van der Waals surface area (Å²) in [6.45, 7) is 0.439. The highest BCUT2D eigenvalue weighted by atomic mass is 32.1. The number of hydrogen-bond donors (Lipinski definition) is 0. The van der Waals surface area contributed by atoms with Gasteiger partial charge in [-0.15, -0.1) is 11.3 Å². The third-order valence-corrected chi connectivity index (χ3v) is 3.50. The number of hydroxylamine groups is 2. The number of carbonyl (C=O) groups excluding carboxylic acids is 1. The molecule has 0 radical (unpaired) electrons. The van der Waals surface area contributed by atoms with E-state index in [0.717, 1.165) is 5.56 Å². The van der Waals surface area contributed by atoms with Crippen LogP contribution in [-0.2, 0) is 11.4 Å². The van der Waals surface area contributed by atoms with Crippen molar-refractivity contribution in [2.24, 2.45) is 0 Å². The lowest BCUT2D eigenvalue weighted by Gasteiger charge is -2.13. The van der Waals surface area contributed by atoms with Gasteiger partial charge in [-0.1, -0.05) is 30.3 Å². The first-order valence-corrected chi connectivity index (χ1v) is 6.66. The van der Waals surface area contributed by atoms with Crippen molar-refractivity contribution >= 4 is 17.2 Å². The summed E-state index contributed by atoms with van der Waals surface area (Å²) in [4.78, 5) is 17.4. The molecule has 0 atom stereocenters. The third-order valence-electron chi connectivity index (χ3n) is 2.62. The Hall–Kier alpha value is -1.85. The number of carbonyl (C=O) groups is 1. The van der Waals surface area contributed by atoms with Crippen LogP contribution in [0.25, 0.3) is 0 Å². The van der Waals surface area contributed by atoms with Crippen molar-refractivity contribution in [3.63, 3.8) is 0 Å². The Kier molecular flexibility index (Phi) is 4.54. The Bertz CT molecular complexity index is 539. The molecule has 0 aliphatic carbocycles. The van der Waals surface area contributed by atoms with Gasteiger partial charge in [-0.3, -0.25) is 9.63 Å². The first kappa shape index (κ1) is 13.6. The van der Waals surface area contributed by atoms with Crippen LogP contribution in [0.1, 0.15) is 15.2 Å². The zero-order valence-electron chi connectivity index (χ0n) is 10.8. The molecule has 5 heteroatoms. The van der Waals surface area contributed by atoms with Gasteiger partial charge in [0, 0.05) is 7.05 Å². The van der Waals surface area contributed by atoms with E-state index in [1.165, 1.54) is 23.5 Å². The van der Waals surface area contributed by atoms with Gasteiger partial charge < -0.3 is 4.74 Å². The van der Waals surface area contributed by atoms with Gasteiger partial charge in [0.15, 0.2) is 0 Å². The van der Waals surface area contributed by atoms with Crippen LogP contribution < -0.4 is 4.74 Å². The van der Waals surface area contributed by atoms with E-state index in [0.29, 0.717) is 17.2 Å². The van der Waals surface area contributed by atoms with Gasteiger partial charge >= 0.3 is 0 Å². The molecular weight excluding hydrogens is 262 g/mol. The highest BCUT2D eigenvalue weighted by molar-refractivity contribution is 7.12. The Labute approximate surface area is 116 Å². The van der Waals surface area contributed by atoms with Gasteiger partial charge in [0.05, 0.1) is 7.11 Å². The highest BCUT2D eigenvalue weighted by Crippen LogP contribution is 2.26. The summed E-state index contributed by atoms with van der Waals surface area (Å²) in [5.41, 5.74) is 1.06. The van der Waals surface area contributed by atoms with E-state index in [4.69, 9.17) is 9.57 Å². The third kappa shape index (κ3) is 3.33. The first-order chi connectivity index (χ1) is 9.22. The zero-order valence-corrected chi connectivity index (χ0v) is 11.6. The van der Waals surface area contributed by atoms with E-state index < -0.39 is 0 Å². The Balaban J connectivity index is 2.06. The molecule has 1 heterocycles. The number of nitrogens with zero attached hydrogens (tertiary/aromatic N) is 1. The smallest absolute Gasteiger partial charge is 0.291 e. The monoisotopic (exact) mass is 277 g/mol. The van der Waals surface area contributed by atoms with Gasteiger partial charge in [-0.25, -0.2) is 5.06 Å². The van der Waals surface area contributed by atoms with Crippen molar-refractivity contribution in [1.82, 2.24) is 5.06 Å². The topological polar surface area (TPSA) is 38.8 Å². The van der Waals surface area contributed by atoms with Crippen molar-refractivity contribution in [3.8, 4) is 5.75 Å². The van der Waals surface area contributed by atoms with Crippen LogP contribution in [0.3, 0.4) is 0 Å². The SMILES string of the molecule is CON(C)C(=O)c1sccc1OCc1ccccc1. The van der Waals surface area contributed by atoms with Crippen molar-refractivity contribution in [2.75, 3.05) is 14.2 Å². The van der Waals surface area contributed by atoms with Crippen LogP contribution in [-0.4, -0.2) is 25.1 Å². The predicted molar refractivity (Wildman–Crippen MR) is 74.2 cm³/mol. The fraction of sp³-hybridized carbons (Fsp3) is 0.214. The summed E-state index contributed by atoms with van der Waals surface area (Å²) in [6.07, 6.45) is 0. The molecule has 19 heavy (non-hydrogen) atoms. The number of rotatable bonds is 5. The molecule has 2 aromatic rings. The summed E-state index contributed by atoms with van der Waals surface area (Å²) < 4.78 is 5.69. The number of amides is 1. The van der Waals surface area contributed by atoms with E-state index >= 15 is 0 Å². The minimum atomic E-state index is -0.208. The van der Waals surface area contributed by atoms with Crippen LogP contribution in [0, 0.1) is 0 Å². The van der Waals surface area contributed by atoms with Gasteiger partial charge in [0.25, 0.3) is 5.91 Å². The second-order valence-corrected chi connectivity index (χ2v) is 4.79. The molecule has 0 aliphatic heterocycles. The highest BCUT2D eigenvalue weighted by Gasteiger charge is 2.18. The summed E-state index contributed by atoms with van der Waals surface area (Å²) in [7, 11) is 3.03. The maximum Gasteiger partial charge on any atom is 0.291 e. The standard InChI is InChI=1S/C14H15NO3S/c1-15(17-2)14(16)13-12(8-9-19-13)18-10-11-6-4-3-5-7-11/h3-9H,10H2,1-2H3. The zero-order chi connectivity index (χ0) is 13.7. The Morgan fingerprint density at radius 3 is 2.68 bits per heavy atom. The van der Waals surface area contributed by atoms with Crippen molar-refractivity contribution in [3.05, 3.63) is 52.2 Å². The van der Waals surface area contributed by atoms with Crippen LogP contribution in [0.2, 0.25) is 0 Å². The molecule has 0 unspecified atom stereocenters. The van der Waals surface area contributed by atoms with E-state index in [1.807, 2.05) is 35.7 Å². The lowest BCUT2D eigenvalue weighted by molar-refractivity contribution is -0.0755. The van der Waals surface area contributed by atoms with Crippen LogP contribution >= 0.6 is 11.3 Å². The lowest BCUT2D eigenvalue weighted by atomic mass is 10.2. The van der Waals surface area contributed by atoms with E-state index in [2.05, 4.69) is 0 Å². The molecule has 0 saturated carbocycles. The quantitative estimate of drug-likeness (QED) is 0.789. The molecule has 0 N–H and O–H groups in total. The minimum Gasteiger partial charge on any atom is -0.487 e. The second kappa shape index (κ2) is 6.36. The second-order valence-electron chi connectivity index (χ2n) is 3.87. The summed E-state index contributed by atoms with van der Waals surface area (Å²) >= 11 is 1.34. The van der Waals surface area contributed by atoms with E-state index in [9.17, 15) is 4.79 Å². The summed E-state index contributed by atoms with van der Waals surface area (Å²) in [5, 5.41) is 3.01. The van der Waals surface area contributed by atoms with Gasteiger partial charge in [0.1, 0.15) is 17.2 Å². The Morgan fingerprint density at radius 1 is 1.26 bits per heavy atom. The van der Waals surface area contributed by atoms with Crippen LogP contribution in [0.4, 0.5) is 0 Å². The lowest BCUT2D eigenvalue weighted by Crippen LogP contribution is -2.24. The molecule has 0 fully saturated rings. The Morgan fingerprint density at radius 2 is 2.00 bits per heavy atom. The van der Waals surface area contributed by atoms with Crippen molar-refractivity contribution in [1.29, 1.82) is 0 Å². The molecule has 0 spiro atoms. The normalized spacial score (nSPS) is 10.2. The minimum absolute atomic E-state index is 0.208. The van der Waals surface area contributed by atoms with Crippen molar-refractivity contribution < 1.29 is 14.4 Å². The molecule has 100 valence electrons. The average Bonchev–Trinajstić information content (AvgIpc) is 2.93. The van der Waals surface area contributed by atoms with Crippen LogP contribution in [0.15, 0.2) is 41.8 Å². The fourth-order valence-corrected chi connectivity index (χ4v) is 2.33. The van der Waals surface area contributed by atoms with Gasteiger partial charge in [-0.05, 0) is 17.0 Å². The molecule has 1 aromatic carbocycles.